The van der Waals surface area contributed by atoms with Crippen molar-refractivity contribution >= 4 is 35.7 Å². The molecule has 1 aliphatic rings. The van der Waals surface area contributed by atoms with E-state index < -0.39 is 0 Å². The molecule has 1 saturated heterocycles. The van der Waals surface area contributed by atoms with Gasteiger partial charge in [-0.3, -0.25) is 9.88 Å². The van der Waals surface area contributed by atoms with Crippen molar-refractivity contribution in [1.29, 1.82) is 0 Å². The molecule has 0 spiro atoms. The third-order valence-electron chi connectivity index (χ3n) is 4.95. The van der Waals surface area contributed by atoms with Crippen molar-refractivity contribution in [2.45, 2.75) is 12.8 Å². The molecule has 6 heteroatoms. The zero-order chi connectivity index (χ0) is 17.8. The lowest BCUT2D eigenvalue weighted by atomic mass is 10.0. The molecule has 0 saturated carbocycles. The molecule has 1 aliphatic heterocycles. The highest BCUT2D eigenvalue weighted by Gasteiger charge is 2.09. The number of hydrogen-bond donors (Lipinski definition) is 0. The minimum atomic E-state index is -0.223. The second kappa shape index (κ2) is 10.7. The molecule has 0 unspecified atom stereocenters. The molecule has 2 aromatic carbocycles. The summed E-state index contributed by atoms with van der Waals surface area (Å²) < 4.78 is 18.9. The van der Waals surface area contributed by atoms with Gasteiger partial charge in [-0.15, -0.1) is 24.8 Å². The number of ether oxygens (including phenoxy) is 1. The standard InChI is InChI=1S/C22H23FN2O.2ClH/c23-21-5-1-4-18(15-21)20-14-19-13-17(6-7-22(19)24-16-20)3-2-8-25-9-11-26-12-10-25;;/h1,4-7,13-16H,2-3,8-12H2;2*1H. The first-order valence-corrected chi connectivity index (χ1v) is 9.23. The van der Waals surface area contributed by atoms with E-state index in [-0.39, 0.29) is 30.6 Å². The van der Waals surface area contributed by atoms with Crippen LogP contribution in [0.5, 0.6) is 0 Å². The summed E-state index contributed by atoms with van der Waals surface area (Å²) in [5.41, 5.74) is 4.10. The third kappa shape index (κ3) is 5.65. The van der Waals surface area contributed by atoms with Gasteiger partial charge in [-0.25, -0.2) is 4.39 Å². The third-order valence-corrected chi connectivity index (χ3v) is 4.95. The Balaban J connectivity index is 0.00000140. The number of nitrogens with zero attached hydrogens (tertiary/aromatic N) is 2. The zero-order valence-electron chi connectivity index (χ0n) is 15.6. The minimum Gasteiger partial charge on any atom is -0.379 e. The van der Waals surface area contributed by atoms with E-state index in [9.17, 15) is 4.39 Å². The number of pyridine rings is 1. The van der Waals surface area contributed by atoms with Gasteiger partial charge in [0.25, 0.3) is 0 Å². The monoisotopic (exact) mass is 422 g/mol. The molecule has 3 nitrogen and oxygen atoms in total. The Morgan fingerprint density at radius 3 is 2.57 bits per heavy atom. The first kappa shape index (κ1) is 22.6. The first-order chi connectivity index (χ1) is 12.8. The largest absolute Gasteiger partial charge is 0.379 e. The molecule has 28 heavy (non-hydrogen) atoms. The van der Waals surface area contributed by atoms with Crippen molar-refractivity contribution < 1.29 is 9.13 Å². The molecule has 4 rings (SSSR count). The molecular formula is C22H25Cl2FN2O. The molecule has 0 amide bonds. The first-order valence-electron chi connectivity index (χ1n) is 9.23. The van der Waals surface area contributed by atoms with Gasteiger partial charge in [-0.2, -0.15) is 0 Å². The molecule has 1 aromatic heterocycles. The van der Waals surface area contributed by atoms with Gasteiger partial charge in [0.1, 0.15) is 5.82 Å². The number of rotatable bonds is 5. The summed E-state index contributed by atoms with van der Waals surface area (Å²) in [6.45, 7) is 4.90. The van der Waals surface area contributed by atoms with Crippen LogP contribution in [0.2, 0.25) is 0 Å². The highest BCUT2D eigenvalue weighted by molar-refractivity contribution is 5.86. The van der Waals surface area contributed by atoms with Gasteiger partial charge < -0.3 is 4.74 Å². The molecule has 1 fully saturated rings. The van der Waals surface area contributed by atoms with Crippen LogP contribution in [0.15, 0.2) is 54.7 Å². The Bertz CT molecular complexity index is 901. The van der Waals surface area contributed by atoms with E-state index in [1.54, 1.807) is 12.1 Å². The number of fused-ring (bicyclic) bond motifs is 1. The van der Waals surface area contributed by atoms with Crippen molar-refractivity contribution in [2.75, 3.05) is 32.8 Å². The molecule has 0 radical (unpaired) electrons. The van der Waals surface area contributed by atoms with Crippen LogP contribution in [0.25, 0.3) is 22.0 Å². The topological polar surface area (TPSA) is 25.4 Å². The van der Waals surface area contributed by atoms with Gasteiger partial charge in [0, 0.05) is 30.2 Å². The van der Waals surface area contributed by atoms with Crippen molar-refractivity contribution in [3.63, 3.8) is 0 Å². The van der Waals surface area contributed by atoms with Crippen LogP contribution in [0.1, 0.15) is 12.0 Å². The van der Waals surface area contributed by atoms with Crippen molar-refractivity contribution in [3.8, 4) is 11.1 Å². The molecule has 2 heterocycles. The average Bonchev–Trinajstić information content (AvgIpc) is 2.68. The van der Waals surface area contributed by atoms with Crippen molar-refractivity contribution in [3.05, 3.63) is 66.1 Å². The SMILES string of the molecule is Cl.Cl.Fc1cccc(-c2cnc3ccc(CCCN4CCOCC4)cc3c2)c1. The van der Waals surface area contributed by atoms with Crippen molar-refractivity contribution in [2.24, 2.45) is 0 Å². The summed E-state index contributed by atoms with van der Waals surface area (Å²) in [5, 5.41) is 1.11. The number of hydrogen-bond acceptors (Lipinski definition) is 3. The van der Waals surface area contributed by atoms with E-state index >= 15 is 0 Å². The summed E-state index contributed by atoms with van der Waals surface area (Å²) in [7, 11) is 0. The summed E-state index contributed by atoms with van der Waals surface area (Å²) in [5.74, 6) is -0.223. The van der Waals surface area contributed by atoms with Gasteiger partial charge in [0.15, 0.2) is 0 Å². The van der Waals surface area contributed by atoms with Crippen LogP contribution >= 0.6 is 24.8 Å². The molecule has 150 valence electrons. The maximum absolute atomic E-state index is 13.5. The minimum absolute atomic E-state index is 0. The van der Waals surface area contributed by atoms with Crippen LogP contribution < -0.4 is 0 Å². The van der Waals surface area contributed by atoms with Crippen LogP contribution in [-0.4, -0.2) is 42.7 Å². The van der Waals surface area contributed by atoms with Crippen molar-refractivity contribution in [1.82, 2.24) is 9.88 Å². The Hall–Kier alpha value is -1.72. The lowest BCUT2D eigenvalue weighted by Gasteiger charge is -2.26. The Labute approximate surface area is 177 Å². The van der Waals surface area contributed by atoms with Gasteiger partial charge >= 0.3 is 0 Å². The summed E-state index contributed by atoms with van der Waals surface area (Å²) in [4.78, 5) is 7.00. The number of aryl methyl sites for hydroxylation is 1. The van der Waals surface area contributed by atoms with Gasteiger partial charge in [0.05, 0.1) is 18.7 Å². The van der Waals surface area contributed by atoms with Crippen LogP contribution in [-0.2, 0) is 11.2 Å². The highest BCUT2D eigenvalue weighted by atomic mass is 35.5. The quantitative estimate of drug-likeness (QED) is 0.568. The Morgan fingerprint density at radius 1 is 0.964 bits per heavy atom. The number of benzene rings is 2. The molecule has 0 N–H and O–H groups in total. The average molecular weight is 423 g/mol. The summed E-state index contributed by atoms with van der Waals surface area (Å²) in [6.07, 6.45) is 4.01. The molecule has 3 aromatic rings. The Kier molecular flexibility index (Phi) is 8.64. The fourth-order valence-electron chi connectivity index (χ4n) is 3.49. The van der Waals surface area contributed by atoms with E-state index in [0.29, 0.717) is 0 Å². The fourth-order valence-corrected chi connectivity index (χ4v) is 3.49. The van der Waals surface area contributed by atoms with Crippen LogP contribution in [0.3, 0.4) is 0 Å². The van der Waals surface area contributed by atoms with E-state index in [0.717, 1.165) is 67.7 Å². The zero-order valence-corrected chi connectivity index (χ0v) is 17.3. The normalized spacial score (nSPS) is 14.3. The van der Waals surface area contributed by atoms with Crippen LogP contribution in [0.4, 0.5) is 4.39 Å². The molecule has 0 bridgehead atoms. The molecular weight excluding hydrogens is 398 g/mol. The summed E-state index contributed by atoms with van der Waals surface area (Å²) >= 11 is 0. The number of morpholine rings is 1. The Morgan fingerprint density at radius 2 is 1.79 bits per heavy atom. The smallest absolute Gasteiger partial charge is 0.123 e. The lowest BCUT2D eigenvalue weighted by molar-refractivity contribution is 0.0375. The fraction of sp³-hybridized carbons (Fsp3) is 0.318. The van der Waals surface area contributed by atoms with E-state index in [2.05, 4.69) is 34.1 Å². The predicted molar refractivity (Wildman–Crippen MR) is 117 cm³/mol. The van der Waals surface area contributed by atoms with Gasteiger partial charge in [-0.05, 0) is 60.8 Å². The number of aromatic nitrogens is 1. The maximum Gasteiger partial charge on any atom is 0.123 e. The van der Waals surface area contributed by atoms with E-state index in [1.165, 1.54) is 11.6 Å². The molecule has 0 aliphatic carbocycles. The van der Waals surface area contributed by atoms with E-state index in [4.69, 9.17) is 4.74 Å². The van der Waals surface area contributed by atoms with Gasteiger partial charge in [-0.1, -0.05) is 18.2 Å². The number of halogens is 3. The maximum atomic E-state index is 13.5. The summed E-state index contributed by atoms with van der Waals surface area (Å²) in [6, 6.07) is 15.2. The van der Waals surface area contributed by atoms with Crippen LogP contribution in [0, 0.1) is 5.82 Å². The predicted octanol–water partition coefficient (Wildman–Crippen LogP) is 5.15. The van der Waals surface area contributed by atoms with E-state index in [1.807, 2.05) is 12.3 Å². The van der Waals surface area contributed by atoms with Gasteiger partial charge in [0.2, 0.25) is 0 Å². The second-order valence-corrected chi connectivity index (χ2v) is 6.82. The lowest BCUT2D eigenvalue weighted by Crippen LogP contribution is -2.36. The molecule has 0 atom stereocenters. The second-order valence-electron chi connectivity index (χ2n) is 6.82. The highest BCUT2D eigenvalue weighted by Crippen LogP contribution is 2.24.